The summed E-state index contributed by atoms with van der Waals surface area (Å²) in [5.41, 5.74) is -0.480. The summed E-state index contributed by atoms with van der Waals surface area (Å²) in [6.45, 7) is 2.72. The molecule has 1 aliphatic rings. The smallest absolute Gasteiger partial charge is 0.371 e. The van der Waals surface area contributed by atoms with E-state index in [1.807, 2.05) is 0 Å². The number of carbonyl (C=O) groups is 2. The van der Waals surface area contributed by atoms with Crippen molar-refractivity contribution in [1.82, 2.24) is 0 Å². The van der Waals surface area contributed by atoms with Crippen molar-refractivity contribution in [2.75, 3.05) is 13.2 Å². The van der Waals surface area contributed by atoms with Crippen molar-refractivity contribution in [3.05, 3.63) is 20.1 Å². The van der Waals surface area contributed by atoms with Crippen LogP contribution in [-0.4, -0.2) is 55.2 Å². The van der Waals surface area contributed by atoms with Gasteiger partial charge in [0, 0.05) is 8.96 Å². The van der Waals surface area contributed by atoms with Crippen LogP contribution in [0.1, 0.15) is 26.7 Å². The molecule has 0 fully saturated rings. The molecule has 0 saturated heterocycles. The van der Waals surface area contributed by atoms with Gasteiger partial charge in [-0.25, -0.2) is 9.59 Å². The summed E-state index contributed by atoms with van der Waals surface area (Å²) in [7, 11) is 0. The molecule has 0 spiro atoms. The Morgan fingerprint density at radius 3 is 2.23 bits per heavy atom. The van der Waals surface area contributed by atoms with Gasteiger partial charge in [-0.3, -0.25) is 4.89 Å². The number of aliphatic hydroxyl groups excluding tert-OH is 2. The predicted octanol–water partition coefficient (Wildman–Crippen LogP) is 3.30. The highest BCUT2D eigenvalue weighted by Gasteiger charge is 2.59. The van der Waals surface area contributed by atoms with Gasteiger partial charge < -0.3 is 15.3 Å². The molecule has 0 radical (unpaired) electrons. The van der Waals surface area contributed by atoms with E-state index in [1.165, 1.54) is 0 Å². The Morgan fingerprint density at radius 2 is 1.81 bits per heavy atom. The van der Waals surface area contributed by atoms with E-state index in [0.717, 1.165) is 0 Å². The third-order valence-corrected chi connectivity index (χ3v) is 10.3. The van der Waals surface area contributed by atoms with Gasteiger partial charge in [-0.05, 0) is 35.7 Å². The van der Waals surface area contributed by atoms with Crippen LogP contribution in [0.15, 0.2) is 20.1 Å². The minimum atomic E-state index is -1.34. The standard InChI is InChI=1S/C15H18Br4O7/c1-3-14(18)9(13(24)26-25-5-4-20)8(12(22)23)10(16)11(17)15(14,19)6-7(2)21/h7,20-21H,3-6H2,1-2H3,(H,22,23). The fourth-order valence-electron chi connectivity index (χ4n) is 2.72. The zero-order valence-electron chi connectivity index (χ0n) is 13.9. The highest BCUT2D eigenvalue weighted by molar-refractivity contribution is 9.16. The SMILES string of the molecule is CCC1(Br)C(C(=O)OOCCO)=C(C(=O)O)C(Br)=C(Br)C1(Br)CC(C)O. The number of aliphatic carboxylic acids is 1. The number of halogens is 4. The van der Waals surface area contributed by atoms with Crippen molar-refractivity contribution in [3.8, 4) is 0 Å². The van der Waals surface area contributed by atoms with Crippen LogP contribution in [0.4, 0.5) is 0 Å². The third-order valence-electron chi connectivity index (χ3n) is 3.83. The van der Waals surface area contributed by atoms with E-state index >= 15 is 0 Å². The van der Waals surface area contributed by atoms with Gasteiger partial charge in [-0.15, -0.1) is 0 Å². The number of carbonyl (C=O) groups excluding carboxylic acids is 1. The topological polar surface area (TPSA) is 113 Å². The molecule has 1 rings (SSSR count). The maximum atomic E-state index is 12.7. The number of hydrogen-bond donors (Lipinski definition) is 3. The molecule has 1 aliphatic carbocycles. The lowest BCUT2D eigenvalue weighted by molar-refractivity contribution is -0.271. The monoisotopic (exact) mass is 626 g/mol. The van der Waals surface area contributed by atoms with Gasteiger partial charge in [0.1, 0.15) is 6.61 Å². The Morgan fingerprint density at radius 1 is 1.23 bits per heavy atom. The molecule has 0 aromatic rings. The predicted molar refractivity (Wildman–Crippen MR) is 109 cm³/mol. The Hall–Kier alpha value is 0.220. The van der Waals surface area contributed by atoms with E-state index in [-0.39, 0.29) is 41.7 Å². The van der Waals surface area contributed by atoms with Crippen molar-refractivity contribution in [3.63, 3.8) is 0 Å². The molecule has 3 unspecified atom stereocenters. The first-order valence-electron chi connectivity index (χ1n) is 7.52. The molecule has 26 heavy (non-hydrogen) atoms. The summed E-state index contributed by atoms with van der Waals surface area (Å²) in [5.74, 6) is -2.35. The number of allylic oxidation sites excluding steroid dienone is 1. The Kier molecular flexibility index (Phi) is 8.97. The van der Waals surface area contributed by atoms with Crippen LogP contribution in [0.25, 0.3) is 0 Å². The molecule has 148 valence electrons. The summed E-state index contributed by atoms with van der Waals surface area (Å²) >= 11 is 13.8. The largest absolute Gasteiger partial charge is 0.478 e. The molecule has 0 aromatic carbocycles. The lowest BCUT2D eigenvalue weighted by Crippen LogP contribution is -2.53. The average Bonchev–Trinajstić information content (AvgIpc) is 2.55. The Bertz CT molecular complexity index is 646. The van der Waals surface area contributed by atoms with Crippen molar-refractivity contribution in [2.24, 2.45) is 0 Å². The van der Waals surface area contributed by atoms with Gasteiger partial charge in [0.2, 0.25) is 0 Å². The Balaban J connectivity index is 3.68. The number of aliphatic hydroxyl groups is 2. The molecular weight excluding hydrogens is 612 g/mol. The van der Waals surface area contributed by atoms with Gasteiger partial charge in [-0.1, -0.05) is 54.7 Å². The number of rotatable bonds is 8. The first-order valence-corrected chi connectivity index (χ1v) is 10.7. The maximum Gasteiger partial charge on any atom is 0.371 e. The molecule has 0 aromatic heterocycles. The van der Waals surface area contributed by atoms with Crippen LogP contribution in [-0.2, 0) is 19.4 Å². The van der Waals surface area contributed by atoms with E-state index in [9.17, 15) is 19.8 Å². The molecule has 11 heteroatoms. The quantitative estimate of drug-likeness (QED) is 0.164. The van der Waals surface area contributed by atoms with Crippen LogP contribution in [0.2, 0.25) is 0 Å². The highest BCUT2D eigenvalue weighted by atomic mass is 79.9. The van der Waals surface area contributed by atoms with Crippen LogP contribution in [0.3, 0.4) is 0 Å². The lowest BCUT2D eigenvalue weighted by atomic mass is 9.74. The van der Waals surface area contributed by atoms with Crippen molar-refractivity contribution in [1.29, 1.82) is 0 Å². The minimum Gasteiger partial charge on any atom is -0.478 e. The first-order chi connectivity index (χ1) is 12.0. The molecule has 0 amide bonds. The second kappa shape index (κ2) is 9.62. The summed E-state index contributed by atoms with van der Waals surface area (Å²) in [5, 5.41) is 28.4. The molecule has 3 atom stereocenters. The van der Waals surface area contributed by atoms with Gasteiger partial charge >= 0.3 is 11.9 Å². The van der Waals surface area contributed by atoms with Crippen LogP contribution in [0.5, 0.6) is 0 Å². The maximum absolute atomic E-state index is 12.7. The van der Waals surface area contributed by atoms with Crippen LogP contribution in [0, 0.1) is 0 Å². The minimum absolute atomic E-state index is 0.139. The van der Waals surface area contributed by atoms with E-state index in [4.69, 9.17) is 5.11 Å². The van der Waals surface area contributed by atoms with Crippen LogP contribution >= 0.6 is 63.7 Å². The molecule has 0 heterocycles. The summed E-state index contributed by atoms with van der Waals surface area (Å²) < 4.78 is -1.72. The molecular formula is C15H18Br4O7. The zero-order chi connectivity index (χ0) is 20.3. The summed E-state index contributed by atoms with van der Waals surface area (Å²) in [6.07, 6.45) is -0.329. The lowest BCUT2D eigenvalue weighted by Gasteiger charge is -2.47. The molecule has 0 aliphatic heterocycles. The van der Waals surface area contributed by atoms with E-state index in [2.05, 4.69) is 73.5 Å². The van der Waals surface area contributed by atoms with E-state index in [0.29, 0.717) is 4.48 Å². The highest BCUT2D eigenvalue weighted by Crippen LogP contribution is 2.60. The number of hydrogen-bond acceptors (Lipinski definition) is 6. The third kappa shape index (κ3) is 4.44. The second-order valence-corrected chi connectivity index (χ2v) is 9.90. The Labute approximate surface area is 184 Å². The van der Waals surface area contributed by atoms with E-state index < -0.39 is 26.7 Å². The molecule has 7 nitrogen and oxygen atoms in total. The van der Waals surface area contributed by atoms with Crippen molar-refractivity contribution >= 4 is 75.7 Å². The normalized spacial score (nSPS) is 27.5. The van der Waals surface area contributed by atoms with E-state index in [1.54, 1.807) is 13.8 Å². The zero-order valence-corrected chi connectivity index (χ0v) is 20.2. The number of carboxylic acids is 1. The molecule has 3 N–H and O–H groups in total. The molecule has 0 bridgehead atoms. The van der Waals surface area contributed by atoms with Gasteiger partial charge in [0.25, 0.3) is 0 Å². The average molecular weight is 630 g/mol. The van der Waals surface area contributed by atoms with Crippen LogP contribution < -0.4 is 0 Å². The number of alkyl halides is 2. The van der Waals surface area contributed by atoms with Gasteiger partial charge in [0.05, 0.1) is 32.5 Å². The molecule has 0 saturated carbocycles. The van der Waals surface area contributed by atoms with Crippen molar-refractivity contribution < 1.29 is 34.7 Å². The van der Waals surface area contributed by atoms with Gasteiger partial charge in [0.15, 0.2) is 0 Å². The first kappa shape index (κ1) is 24.3. The summed E-state index contributed by atoms with van der Waals surface area (Å²) in [6, 6.07) is 0. The van der Waals surface area contributed by atoms with Crippen molar-refractivity contribution in [2.45, 2.75) is 41.4 Å². The number of carboxylic acid groups (broad SMARTS) is 1. The summed E-state index contributed by atoms with van der Waals surface area (Å²) in [4.78, 5) is 33.9. The second-order valence-electron chi connectivity index (χ2n) is 5.61. The fraction of sp³-hybridized carbons (Fsp3) is 0.600. The fourth-order valence-corrected chi connectivity index (χ4v) is 6.52. The van der Waals surface area contributed by atoms with Gasteiger partial charge in [-0.2, -0.15) is 4.89 Å².